The third kappa shape index (κ3) is 7.09. The average Bonchev–Trinajstić information content (AvgIpc) is 2.88. The number of aryl methyl sites for hydroxylation is 1. The number of ether oxygens (including phenoxy) is 1. The molecule has 1 N–H and O–H groups in total. The van der Waals surface area contributed by atoms with Crippen LogP contribution in [0.3, 0.4) is 0 Å². The van der Waals surface area contributed by atoms with Crippen molar-refractivity contribution >= 4 is 50.5 Å². The topological polar surface area (TPSA) is 79.0 Å². The molecule has 1 amide bonds. The smallest absolute Gasteiger partial charge is 0.416 e. The number of hydrogen-bond acceptors (Lipinski definition) is 5. The molecule has 39 heavy (non-hydrogen) atoms. The molecule has 1 heterocycles. The van der Waals surface area contributed by atoms with Gasteiger partial charge >= 0.3 is 6.18 Å². The molecule has 3 aromatic rings. The van der Waals surface area contributed by atoms with Crippen LogP contribution in [0.15, 0.2) is 65.6 Å². The fourth-order valence-corrected chi connectivity index (χ4v) is 5.63. The Balaban J connectivity index is 1.34. The van der Waals surface area contributed by atoms with Gasteiger partial charge in [0.2, 0.25) is 0 Å². The first-order valence-corrected chi connectivity index (χ1v) is 14.0. The van der Waals surface area contributed by atoms with Crippen LogP contribution in [0.1, 0.15) is 11.1 Å². The Morgan fingerprint density at radius 3 is 2.38 bits per heavy atom. The quantitative estimate of drug-likeness (QED) is 0.367. The van der Waals surface area contributed by atoms with Crippen molar-refractivity contribution in [1.82, 2.24) is 4.90 Å². The second-order valence-corrected chi connectivity index (χ2v) is 11.4. The number of piperazine rings is 1. The molecule has 0 saturated carbocycles. The van der Waals surface area contributed by atoms with Crippen molar-refractivity contribution in [2.24, 2.45) is 0 Å². The minimum Gasteiger partial charge on any atom is -0.482 e. The predicted molar refractivity (Wildman–Crippen MR) is 144 cm³/mol. The molecule has 1 fully saturated rings. The van der Waals surface area contributed by atoms with Crippen molar-refractivity contribution in [3.8, 4) is 5.75 Å². The van der Waals surface area contributed by atoms with Crippen LogP contribution >= 0.6 is 23.2 Å². The molecule has 1 saturated heterocycles. The minimum atomic E-state index is -4.62. The Bertz CT molecular complexity index is 1480. The SMILES string of the molecule is Cc1ccc(Cl)cc1N1CCN(C(=O)COc2ccc(S(=O)(=O)Nc3cccc(C(F)(F)F)c3)cc2Cl)CC1. The summed E-state index contributed by atoms with van der Waals surface area (Å²) in [5.74, 6) is -0.160. The maximum absolute atomic E-state index is 12.9. The van der Waals surface area contributed by atoms with E-state index < -0.39 is 21.8 Å². The summed E-state index contributed by atoms with van der Waals surface area (Å²) in [5, 5.41) is 0.570. The summed E-state index contributed by atoms with van der Waals surface area (Å²) in [6, 6.07) is 13.1. The molecule has 7 nitrogen and oxygen atoms in total. The first kappa shape index (κ1) is 28.8. The fourth-order valence-electron chi connectivity index (χ4n) is 4.09. The van der Waals surface area contributed by atoms with Crippen LogP contribution < -0.4 is 14.4 Å². The van der Waals surface area contributed by atoms with Crippen LogP contribution in [-0.4, -0.2) is 52.0 Å². The summed E-state index contributed by atoms with van der Waals surface area (Å²) in [5.41, 5.74) is 0.871. The number of anilines is 2. The van der Waals surface area contributed by atoms with Crippen molar-refractivity contribution in [2.45, 2.75) is 18.0 Å². The standard InChI is InChI=1S/C26H24Cl2F3N3O4S/c1-17-5-6-19(27)14-23(17)33-9-11-34(12-10-33)25(35)16-38-24-8-7-21(15-22(24)28)39(36,37)32-20-4-2-3-18(13-20)26(29,30)31/h2-8,13-15,32H,9-12,16H2,1H3. The average molecular weight is 602 g/mol. The highest BCUT2D eigenvalue weighted by Gasteiger charge is 2.31. The summed E-state index contributed by atoms with van der Waals surface area (Å²) in [4.78, 5) is 16.3. The molecule has 0 unspecified atom stereocenters. The van der Waals surface area contributed by atoms with Crippen LogP contribution in [0, 0.1) is 6.92 Å². The van der Waals surface area contributed by atoms with E-state index in [2.05, 4.69) is 9.62 Å². The maximum atomic E-state index is 12.9. The number of sulfonamides is 1. The number of alkyl halides is 3. The molecule has 13 heteroatoms. The van der Waals surface area contributed by atoms with Crippen molar-refractivity contribution in [1.29, 1.82) is 0 Å². The number of benzene rings is 3. The van der Waals surface area contributed by atoms with Gasteiger partial charge in [-0.15, -0.1) is 0 Å². The van der Waals surface area contributed by atoms with Gasteiger partial charge in [-0.25, -0.2) is 8.42 Å². The Morgan fingerprint density at radius 2 is 1.72 bits per heavy atom. The van der Waals surface area contributed by atoms with Gasteiger partial charge in [0.15, 0.2) is 6.61 Å². The first-order valence-electron chi connectivity index (χ1n) is 11.7. The summed E-state index contributed by atoms with van der Waals surface area (Å²) in [6.45, 7) is 3.92. The minimum absolute atomic E-state index is 0.0732. The van der Waals surface area contributed by atoms with Crippen LogP contribution in [0.4, 0.5) is 24.5 Å². The highest BCUT2D eigenvalue weighted by molar-refractivity contribution is 7.92. The lowest BCUT2D eigenvalue weighted by Crippen LogP contribution is -2.50. The van der Waals surface area contributed by atoms with Gasteiger partial charge in [-0.1, -0.05) is 35.3 Å². The summed E-state index contributed by atoms with van der Waals surface area (Å²) < 4.78 is 71.9. The van der Waals surface area contributed by atoms with Gasteiger partial charge < -0.3 is 14.5 Å². The Morgan fingerprint density at radius 1 is 1.00 bits per heavy atom. The molecule has 0 aromatic heterocycles. The van der Waals surface area contributed by atoms with Crippen molar-refractivity contribution in [3.05, 3.63) is 81.8 Å². The molecule has 0 spiro atoms. The van der Waals surface area contributed by atoms with Crippen LogP contribution in [0.2, 0.25) is 10.0 Å². The zero-order valence-electron chi connectivity index (χ0n) is 20.6. The van der Waals surface area contributed by atoms with Crippen LogP contribution in [0.25, 0.3) is 0 Å². The van der Waals surface area contributed by atoms with E-state index in [4.69, 9.17) is 27.9 Å². The van der Waals surface area contributed by atoms with E-state index in [-0.39, 0.29) is 33.9 Å². The predicted octanol–water partition coefficient (Wildman–Crippen LogP) is 5.85. The zero-order valence-corrected chi connectivity index (χ0v) is 23.0. The van der Waals surface area contributed by atoms with Gasteiger partial charge in [-0.05, 0) is 61.0 Å². The molecule has 4 rings (SSSR count). The lowest BCUT2D eigenvalue weighted by atomic mass is 10.1. The maximum Gasteiger partial charge on any atom is 0.416 e. The molecule has 208 valence electrons. The van der Waals surface area contributed by atoms with E-state index in [0.717, 1.165) is 29.4 Å². The molecule has 0 radical (unpaired) electrons. The van der Waals surface area contributed by atoms with Gasteiger partial charge in [0.25, 0.3) is 15.9 Å². The van der Waals surface area contributed by atoms with E-state index in [1.54, 1.807) is 4.90 Å². The highest BCUT2D eigenvalue weighted by Crippen LogP contribution is 2.32. The van der Waals surface area contributed by atoms with Crippen molar-refractivity contribution in [3.63, 3.8) is 0 Å². The number of carbonyl (C=O) groups excluding carboxylic acids is 1. The molecule has 0 aliphatic carbocycles. The van der Waals surface area contributed by atoms with Gasteiger partial charge in [-0.2, -0.15) is 13.2 Å². The third-order valence-corrected chi connectivity index (χ3v) is 8.06. The van der Waals surface area contributed by atoms with E-state index in [1.165, 1.54) is 18.2 Å². The Kier molecular flexibility index (Phi) is 8.53. The molecular weight excluding hydrogens is 578 g/mol. The molecular formula is C26H24Cl2F3N3O4S. The highest BCUT2D eigenvalue weighted by atomic mass is 35.5. The van der Waals surface area contributed by atoms with E-state index in [0.29, 0.717) is 37.3 Å². The van der Waals surface area contributed by atoms with E-state index >= 15 is 0 Å². The molecule has 0 atom stereocenters. The number of rotatable bonds is 7. The Labute approximate surface area is 234 Å². The van der Waals surface area contributed by atoms with E-state index in [1.807, 2.05) is 25.1 Å². The summed E-state index contributed by atoms with van der Waals surface area (Å²) >= 11 is 12.3. The lowest BCUT2D eigenvalue weighted by Gasteiger charge is -2.36. The lowest BCUT2D eigenvalue weighted by molar-refractivity contribution is -0.137. The molecule has 3 aromatic carbocycles. The first-order chi connectivity index (χ1) is 18.3. The molecule has 0 bridgehead atoms. The monoisotopic (exact) mass is 601 g/mol. The third-order valence-electron chi connectivity index (χ3n) is 6.15. The van der Waals surface area contributed by atoms with E-state index in [9.17, 15) is 26.4 Å². The van der Waals surface area contributed by atoms with Gasteiger partial charge in [0.1, 0.15) is 5.75 Å². The second kappa shape index (κ2) is 11.5. The summed E-state index contributed by atoms with van der Waals surface area (Å²) in [6.07, 6.45) is -4.62. The summed E-state index contributed by atoms with van der Waals surface area (Å²) in [7, 11) is -4.24. The number of nitrogens with one attached hydrogen (secondary N) is 1. The molecule has 1 aliphatic rings. The molecule has 1 aliphatic heterocycles. The Hall–Kier alpha value is -3.15. The van der Waals surface area contributed by atoms with Crippen molar-refractivity contribution < 1.29 is 31.1 Å². The number of halogens is 5. The number of amides is 1. The number of hydrogen-bond donors (Lipinski definition) is 1. The largest absolute Gasteiger partial charge is 0.482 e. The normalized spacial score (nSPS) is 14.3. The van der Waals surface area contributed by atoms with Crippen LogP contribution in [0.5, 0.6) is 5.75 Å². The number of carbonyl (C=O) groups is 1. The van der Waals surface area contributed by atoms with Gasteiger partial charge in [-0.3, -0.25) is 9.52 Å². The second-order valence-electron chi connectivity index (χ2n) is 8.86. The fraction of sp³-hybridized carbons (Fsp3) is 0.269. The van der Waals surface area contributed by atoms with Gasteiger partial charge in [0.05, 0.1) is 15.5 Å². The van der Waals surface area contributed by atoms with Crippen molar-refractivity contribution in [2.75, 3.05) is 42.4 Å². The zero-order chi connectivity index (χ0) is 28.4. The van der Waals surface area contributed by atoms with Gasteiger partial charge in [0, 0.05) is 42.6 Å². The van der Waals surface area contributed by atoms with Crippen LogP contribution in [-0.2, 0) is 21.0 Å². The number of nitrogens with zero attached hydrogens (tertiary/aromatic N) is 2.